The van der Waals surface area contributed by atoms with Crippen LogP contribution in [0, 0.1) is 5.82 Å². The molecule has 0 aromatic heterocycles. The Kier molecular flexibility index (Phi) is 5.53. The lowest BCUT2D eigenvalue weighted by atomic mass is 9.94. The predicted octanol–water partition coefficient (Wildman–Crippen LogP) is 2.67. The first-order valence-corrected chi connectivity index (χ1v) is 6.21. The van der Waals surface area contributed by atoms with Crippen LogP contribution in [0.15, 0.2) is 18.2 Å². The number of nitrogens with two attached hydrogens (primary N) is 1. The molecule has 0 saturated carbocycles. The molecular formula is C13H20ClFN2O. The van der Waals surface area contributed by atoms with Crippen LogP contribution in [-0.2, 0) is 11.2 Å². The molecule has 1 aromatic rings. The largest absolute Gasteiger partial charge is 0.379 e. The third-order valence-corrected chi connectivity index (χ3v) is 3.36. The van der Waals surface area contributed by atoms with Crippen molar-refractivity contribution in [3.63, 3.8) is 0 Å². The molecule has 0 saturated heterocycles. The first-order valence-electron chi connectivity index (χ1n) is 5.83. The van der Waals surface area contributed by atoms with Crippen molar-refractivity contribution in [1.82, 2.24) is 5.43 Å². The minimum absolute atomic E-state index is 0.0166. The number of halogens is 2. The van der Waals surface area contributed by atoms with E-state index in [1.54, 1.807) is 13.2 Å². The van der Waals surface area contributed by atoms with E-state index < -0.39 is 0 Å². The van der Waals surface area contributed by atoms with E-state index in [9.17, 15) is 4.39 Å². The number of hydrogen-bond donors (Lipinski definition) is 2. The molecule has 0 aliphatic carbocycles. The third-order valence-electron chi connectivity index (χ3n) is 3.01. The van der Waals surface area contributed by atoms with Crippen LogP contribution in [-0.4, -0.2) is 18.8 Å². The van der Waals surface area contributed by atoms with Gasteiger partial charge in [0.2, 0.25) is 0 Å². The molecule has 0 heterocycles. The zero-order valence-corrected chi connectivity index (χ0v) is 11.7. The van der Waals surface area contributed by atoms with Gasteiger partial charge < -0.3 is 4.74 Å². The molecule has 0 aliphatic rings. The first kappa shape index (κ1) is 15.4. The summed E-state index contributed by atoms with van der Waals surface area (Å²) in [5.41, 5.74) is 3.34. The number of ether oxygens (including phenoxy) is 1. The fourth-order valence-corrected chi connectivity index (χ4v) is 2.06. The zero-order valence-electron chi connectivity index (χ0n) is 11.0. The van der Waals surface area contributed by atoms with Crippen molar-refractivity contribution in [2.45, 2.75) is 38.3 Å². The highest BCUT2D eigenvalue weighted by molar-refractivity contribution is 6.31. The summed E-state index contributed by atoms with van der Waals surface area (Å²) >= 11 is 6.00. The quantitative estimate of drug-likeness (QED) is 0.619. The molecule has 0 amide bonds. The van der Waals surface area contributed by atoms with Crippen LogP contribution >= 0.6 is 11.6 Å². The van der Waals surface area contributed by atoms with Gasteiger partial charge in [0.05, 0.1) is 5.60 Å². The van der Waals surface area contributed by atoms with E-state index in [-0.39, 0.29) is 17.5 Å². The summed E-state index contributed by atoms with van der Waals surface area (Å²) in [6, 6.07) is 4.41. The van der Waals surface area contributed by atoms with Gasteiger partial charge in [0.1, 0.15) is 5.82 Å². The summed E-state index contributed by atoms with van der Waals surface area (Å²) < 4.78 is 18.3. The first-order chi connectivity index (χ1) is 8.38. The molecule has 1 aromatic carbocycles. The average Bonchev–Trinajstić information content (AvgIpc) is 2.31. The third kappa shape index (κ3) is 4.53. The topological polar surface area (TPSA) is 47.3 Å². The molecule has 0 spiro atoms. The van der Waals surface area contributed by atoms with E-state index in [4.69, 9.17) is 22.2 Å². The Morgan fingerprint density at radius 2 is 2.17 bits per heavy atom. The maximum absolute atomic E-state index is 12.9. The van der Waals surface area contributed by atoms with Crippen molar-refractivity contribution in [3.05, 3.63) is 34.6 Å². The zero-order chi connectivity index (χ0) is 13.8. The van der Waals surface area contributed by atoms with Crippen molar-refractivity contribution in [2.24, 2.45) is 5.84 Å². The van der Waals surface area contributed by atoms with Crippen LogP contribution in [0.1, 0.15) is 25.8 Å². The fraction of sp³-hybridized carbons (Fsp3) is 0.538. The van der Waals surface area contributed by atoms with Gasteiger partial charge in [0, 0.05) is 18.2 Å². The Bertz CT molecular complexity index is 399. The van der Waals surface area contributed by atoms with E-state index in [1.165, 1.54) is 12.1 Å². The van der Waals surface area contributed by atoms with Gasteiger partial charge in [0.25, 0.3) is 0 Å². The molecule has 102 valence electrons. The van der Waals surface area contributed by atoms with Crippen molar-refractivity contribution in [2.75, 3.05) is 7.11 Å². The van der Waals surface area contributed by atoms with Gasteiger partial charge in [-0.1, -0.05) is 17.7 Å². The SMILES string of the molecule is COC(C)(C)CC(Cc1ccc(F)cc1Cl)NN. The van der Waals surface area contributed by atoms with Crippen molar-refractivity contribution < 1.29 is 9.13 Å². The van der Waals surface area contributed by atoms with Crippen LogP contribution in [0.4, 0.5) is 4.39 Å². The maximum Gasteiger partial charge on any atom is 0.124 e. The Hall–Kier alpha value is -0.680. The number of rotatable bonds is 6. The van der Waals surface area contributed by atoms with Crippen LogP contribution in [0.3, 0.4) is 0 Å². The maximum atomic E-state index is 12.9. The van der Waals surface area contributed by atoms with Gasteiger partial charge in [-0.25, -0.2) is 4.39 Å². The number of benzene rings is 1. The van der Waals surface area contributed by atoms with E-state index in [0.29, 0.717) is 11.4 Å². The number of methoxy groups -OCH3 is 1. The van der Waals surface area contributed by atoms with E-state index >= 15 is 0 Å². The highest BCUT2D eigenvalue weighted by Gasteiger charge is 2.22. The van der Waals surface area contributed by atoms with Gasteiger partial charge in [-0.2, -0.15) is 0 Å². The highest BCUT2D eigenvalue weighted by atomic mass is 35.5. The van der Waals surface area contributed by atoms with E-state index in [1.807, 2.05) is 13.8 Å². The highest BCUT2D eigenvalue weighted by Crippen LogP contribution is 2.22. The molecule has 1 unspecified atom stereocenters. The van der Waals surface area contributed by atoms with E-state index in [0.717, 1.165) is 12.0 Å². The Labute approximate surface area is 112 Å². The Balaban J connectivity index is 2.74. The summed E-state index contributed by atoms with van der Waals surface area (Å²) in [6.45, 7) is 3.98. The van der Waals surface area contributed by atoms with Crippen LogP contribution < -0.4 is 11.3 Å². The lowest BCUT2D eigenvalue weighted by Gasteiger charge is -2.28. The molecular weight excluding hydrogens is 255 g/mol. The molecule has 5 heteroatoms. The smallest absolute Gasteiger partial charge is 0.124 e. The monoisotopic (exact) mass is 274 g/mol. The second kappa shape index (κ2) is 6.48. The normalized spacial score (nSPS) is 13.7. The summed E-state index contributed by atoms with van der Waals surface area (Å²) in [6.07, 6.45) is 1.36. The van der Waals surface area contributed by atoms with Crippen molar-refractivity contribution in [1.29, 1.82) is 0 Å². The minimum Gasteiger partial charge on any atom is -0.379 e. The van der Waals surface area contributed by atoms with Gasteiger partial charge in [-0.15, -0.1) is 0 Å². The molecule has 0 radical (unpaired) electrons. The molecule has 0 bridgehead atoms. The van der Waals surface area contributed by atoms with E-state index in [2.05, 4.69) is 5.43 Å². The van der Waals surface area contributed by atoms with Gasteiger partial charge >= 0.3 is 0 Å². The van der Waals surface area contributed by atoms with Crippen molar-refractivity contribution in [3.8, 4) is 0 Å². The summed E-state index contributed by atoms with van der Waals surface area (Å²) in [5, 5.41) is 0.422. The van der Waals surface area contributed by atoms with Crippen LogP contribution in [0.2, 0.25) is 5.02 Å². The van der Waals surface area contributed by atoms with Crippen LogP contribution in [0.25, 0.3) is 0 Å². The summed E-state index contributed by atoms with van der Waals surface area (Å²) in [7, 11) is 1.67. The molecule has 3 nitrogen and oxygen atoms in total. The van der Waals surface area contributed by atoms with Gasteiger partial charge in [-0.05, 0) is 44.4 Å². The summed E-state index contributed by atoms with van der Waals surface area (Å²) in [5.74, 6) is 5.20. The second-order valence-electron chi connectivity index (χ2n) is 4.97. The van der Waals surface area contributed by atoms with Crippen molar-refractivity contribution >= 4 is 11.6 Å². The molecule has 0 fully saturated rings. The predicted molar refractivity (Wildman–Crippen MR) is 71.9 cm³/mol. The molecule has 3 N–H and O–H groups in total. The molecule has 1 rings (SSSR count). The Morgan fingerprint density at radius 1 is 1.50 bits per heavy atom. The lowest BCUT2D eigenvalue weighted by molar-refractivity contribution is 0.00710. The van der Waals surface area contributed by atoms with Crippen LogP contribution in [0.5, 0.6) is 0 Å². The standard InChI is InChI=1S/C13H20ClFN2O/c1-13(2,18-3)8-11(17-16)6-9-4-5-10(15)7-12(9)14/h4-5,7,11,17H,6,8,16H2,1-3H3. The lowest BCUT2D eigenvalue weighted by Crippen LogP contribution is -2.42. The minimum atomic E-state index is -0.335. The molecule has 1 atom stereocenters. The fourth-order valence-electron chi connectivity index (χ4n) is 1.82. The number of hydrazine groups is 1. The number of hydrogen-bond acceptors (Lipinski definition) is 3. The molecule has 18 heavy (non-hydrogen) atoms. The molecule has 0 aliphatic heterocycles. The van der Waals surface area contributed by atoms with Gasteiger partial charge in [0.15, 0.2) is 0 Å². The Morgan fingerprint density at radius 3 is 2.67 bits per heavy atom. The number of nitrogens with one attached hydrogen (secondary N) is 1. The summed E-state index contributed by atoms with van der Waals surface area (Å²) in [4.78, 5) is 0. The average molecular weight is 275 g/mol. The second-order valence-corrected chi connectivity index (χ2v) is 5.38. The van der Waals surface area contributed by atoms with Gasteiger partial charge in [-0.3, -0.25) is 11.3 Å².